The Balaban J connectivity index is 2.49. The number of aryl methyl sites for hydroxylation is 1. The lowest BCUT2D eigenvalue weighted by molar-refractivity contribution is -0.146. The number of likely N-dealkylation sites (N-methyl/N-ethyl adjacent to an activating group) is 1. The quantitative estimate of drug-likeness (QED) is 0.756. The first kappa shape index (κ1) is 14.6. The van der Waals surface area contributed by atoms with E-state index in [-0.39, 0.29) is 24.2 Å². The zero-order chi connectivity index (χ0) is 13.7. The van der Waals surface area contributed by atoms with Gasteiger partial charge in [-0.1, -0.05) is 6.92 Å². The molecule has 1 aromatic heterocycles. The van der Waals surface area contributed by atoms with Crippen LogP contribution in [0.15, 0.2) is 5.38 Å². The van der Waals surface area contributed by atoms with Gasteiger partial charge in [0.05, 0.1) is 30.2 Å². The van der Waals surface area contributed by atoms with Crippen LogP contribution in [-0.4, -0.2) is 42.5 Å². The first-order valence-electron chi connectivity index (χ1n) is 5.66. The molecule has 1 atom stereocenters. The van der Waals surface area contributed by atoms with Gasteiger partial charge in [0.2, 0.25) is 5.91 Å². The molecule has 1 amide bonds. The Labute approximate surface area is 111 Å². The normalized spacial score (nSPS) is 12.0. The molecule has 0 saturated heterocycles. The summed E-state index contributed by atoms with van der Waals surface area (Å²) in [5.74, 6) is -0.670. The second-order valence-corrected chi connectivity index (χ2v) is 5.30. The van der Waals surface area contributed by atoms with Crippen molar-refractivity contribution in [3.63, 3.8) is 0 Å². The van der Waals surface area contributed by atoms with Gasteiger partial charge in [0.25, 0.3) is 0 Å². The van der Waals surface area contributed by atoms with Crippen molar-refractivity contribution in [1.82, 2.24) is 9.88 Å². The van der Waals surface area contributed by atoms with E-state index in [4.69, 9.17) is 0 Å². The van der Waals surface area contributed by atoms with E-state index in [1.165, 1.54) is 23.3 Å². The zero-order valence-electron chi connectivity index (χ0n) is 11.1. The molecule has 0 aliphatic carbocycles. The first-order chi connectivity index (χ1) is 8.43. The maximum absolute atomic E-state index is 11.9. The summed E-state index contributed by atoms with van der Waals surface area (Å²) in [7, 11) is 3.03. The van der Waals surface area contributed by atoms with Gasteiger partial charge in [0, 0.05) is 19.0 Å². The summed E-state index contributed by atoms with van der Waals surface area (Å²) < 4.78 is 4.63. The van der Waals surface area contributed by atoms with Gasteiger partial charge in [-0.25, -0.2) is 4.98 Å². The number of amides is 1. The number of nitrogens with zero attached hydrogens (tertiary/aromatic N) is 2. The van der Waals surface area contributed by atoms with Crippen LogP contribution in [0.4, 0.5) is 0 Å². The summed E-state index contributed by atoms with van der Waals surface area (Å²) in [4.78, 5) is 28.9. The Kier molecular flexibility index (Phi) is 5.27. The molecule has 1 aromatic rings. The predicted octanol–water partition coefficient (Wildman–Crippen LogP) is 1.26. The van der Waals surface area contributed by atoms with E-state index >= 15 is 0 Å². The van der Waals surface area contributed by atoms with Gasteiger partial charge < -0.3 is 9.64 Å². The predicted molar refractivity (Wildman–Crippen MR) is 69.4 cm³/mol. The number of aromatic nitrogens is 1. The summed E-state index contributed by atoms with van der Waals surface area (Å²) >= 11 is 1.52. The summed E-state index contributed by atoms with van der Waals surface area (Å²) in [6.07, 6.45) is 0.273. The molecule has 1 heterocycles. The smallest absolute Gasteiger partial charge is 0.310 e. The van der Waals surface area contributed by atoms with Crippen molar-refractivity contribution in [2.75, 3.05) is 20.7 Å². The van der Waals surface area contributed by atoms with Gasteiger partial charge in [0.15, 0.2) is 0 Å². The van der Waals surface area contributed by atoms with Crippen LogP contribution in [0.3, 0.4) is 0 Å². The topological polar surface area (TPSA) is 59.5 Å². The van der Waals surface area contributed by atoms with E-state index in [9.17, 15) is 9.59 Å². The minimum atomic E-state index is -0.318. The Morgan fingerprint density at radius 2 is 2.22 bits per heavy atom. The number of carbonyl (C=O) groups excluding carboxylic acids is 2. The number of methoxy groups -OCH3 is 1. The molecule has 1 rings (SSSR count). The molecule has 0 saturated carbocycles. The van der Waals surface area contributed by atoms with Gasteiger partial charge in [-0.05, 0) is 6.92 Å². The van der Waals surface area contributed by atoms with Crippen LogP contribution in [0.1, 0.15) is 17.6 Å². The fourth-order valence-corrected chi connectivity index (χ4v) is 2.18. The number of rotatable bonds is 5. The van der Waals surface area contributed by atoms with Crippen molar-refractivity contribution in [3.8, 4) is 0 Å². The first-order valence-corrected chi connectivity index (χ1v) is 6.54. The molecule has 6 heteroatoms. The lowest BCUT2D eigenvalue weighted by Gasteiger charge is -2.19. The Morgan fingerprint density at radius 1 is 1.56 bits per heavy atom. The van der Waals surface area contributed by atoms with E-state index in [0.717, 1.165) is 10.7 Å². The number of esters is 1. The summed E-state index contributed by atoms with van der Waals surface area (Å²) in [5, 5.41) is 2.83. The second kappa shape index (κ2) is 6.49. The van der Waals surface area contributed by atoms with E-state index in [1.807, 2.05) is 12.3 Å². The van der Waals surface area contributed by atoms with Crippen LogP contribution in [0.2, 0.25) is 0 Å². The van der Waals surface area contributed by atoms with E-state index in [2.05, 4.69) is 9.72 Å². The number of carbonyl (C=O) groups is 2. The van der Waals surface area contributed by atoms with Crippen molar-refractivity contribution < 1.29 is 14.3 Å². The van der Waals surface area contributed by atoms with Crippen molar-refractivity contribution >= 4 is 23.2 Å². The average molecular weight is 270 g/mol. The van der Waals surface area contributed by atoms with Crippen LogP contribution >= 0.6 is 11.3 Å². The van der Waals surface area contributed by atoms with Gasteiger partial charge in [0.1, 0.15) is 0 Å². The largest absolute Gasteiger partial charge is 0.469 e. The SMILES string of the molecule is COC(=O)C(C)CN(C)C(=O)Cc1csc(C)n1. The minimum Gasteiger partial charge on any atom is -0.469 e. The standard InChI is InChI=1S/C12H18N2O3S/c1-8(12(16)17-4)6-14(3)11(15)5-10-7-18-9(2)13-10/h7-8H,5-6H2,1-4H3. The second-order valence-electron chi connectivity index (χ2n) is 4.23. The minimum absolute atomic E-state index is 0.0453. The van der Waals surface area contributed by atoms with Crippen molar-refractivity contribution in [3.05, 3.63) is 16.1 Å². The molecule has 1 unspecified atom stereocenters. The molecule has 0 radical (unpaired) electrons. The highest BCUT2D eigenvalue weighted by Gasteiger charge is 2.19. The monoisotopic (exact) mass is 270 g/mol. The zero-order valence-corrected chi connectivity index (χ0v) is 11.9. The van der Waals surface area contributed by atoms with Gasteiger partial charge in [-0.2, -0.15) is 0 Å². The van der Waals surface area contributed by atoms with Gasteiger partial charge in [-0.3, -0.25) is 9.59 Å². The van der Waals surface area contributed by atoms with Gasteiger partial charge >= 0.3 is 5.97 Å². The number of ether oxygens (including phenoxy) is 1. The Morgan fingerprint density at radius 3 is 2.72 bits per heavy atom. The van der Waals surface area contributed by atoms with Crippen LogP contribution in [0.25, 0.3) is 0 Å². The lowest BCUT2D eigenvalue weighted by atomic mass is 10.1. The van der Waals surface area contributed by atoms with Crippen LogP contribution in [0, 0.1) is 12.8 Å². The fourth-order valence-electron chi connectivity index (χ4n) is 1.57. The Bertz CT molecular complexity index is 431. The van der Waals surface area contributed by atoms with Gasteiger partial charge in [-0.15, -0.1) is 11.3 Å². The molecular weight excluding hydrogens is 252 g/mol. The summed E-state index contributed by atoms with van der Waals surface area (Å²) in [6, 6.07) is 0. The maximum Gasteiger partial charge on any atom is 0.310 e. The fraction of sp³-hybridized carbons (Fsp3) is 0.583. The van der Waals surface area contributed by atoms with E-state index < -0.39 is 0 Å². The molecule has 0 spiro atoms. The number of hydrogen-bond donors (Lipinski definition) is 0. The highest BCUT2D eigenvalue weighted by molar-refractivity contribution is 7.09. The Hall–Kier alpha value is -1.43. The maximum atomic E-state index is 11.9. The summed E-state index contributed by atoms with van der Waals surface area (Å²) in [6.45, 7) is 4.00. The third kappa shape index (κ3) is 4.10. The average Bonchev–Trinajstić information content (AvgIpc) is 2.73. The lowest BCUT2D eigenvalue weighted by Crippen LogP contribution is -2.35. The molecule has 0 aromatic carbocycles. The van der Waals surface area contributed by atoms with E-state index in [1.54, 1.807) is 14.0 Å². The molecular formula is C12H18N2O3S. The molecule has 5 nitrogen and oxygen atoms in total. The highest BCUT2D eigenvalue weighted by Crippen LogP contribution is 2.10. The highest BCUT2D eigenvalue weighted by atomic mass is 32.1. The van der Waals surface area contributed by atoms with E-state index in [0.29, 0.717) is 6.54 Å². The van der Waals surface area contributed by atoms with Crippen molar-refractivity contribution in [1.29, 1.82) is 0 Å². The molecule has 0 aliphatic rings. The van der Waals surface area contributed by atoms with Crippen molar-refractivity contribution in [2.24, 2.45) is 5.92 Å². The number of hydrogen-bond acceptors (Lipinski definition) is 5. The molecule has 0 aliphatic heterocycles. The molecule has 0 bridgehead atoms. The molecule has 100 valence electrons. The third-order valence-corrected chi connectivity index (χ3v) is 3.40. The third-order valence-electron chi connectivity index (χ3n) is 2.58. The van der Waals surface area contributed by atoms with Crippen molar-refractivity contribution in [2.45, 2.75) is 20.3 Å². The van der Waals surface area contributed by atoms with Crippen LogP contribution in [0.5, 0.6) is 0 Å². The summed E-state index contributed by atoms with van der Waals surface area (Å²) in [5.41, 5.74) is 0.778. The number of thiazole rings is 1. The molecule has 18 heavy (non-hydrogen) atoms. The molecule has 0 fully saturated rings. The van der Waals surface area contributed by atoms with Crippen LogP contribution in [-0.2, 0) is 20.7 Å². The van der Waals surface area contributed by atoms with Crippen LogP contribution < -0.4 is 0 Å². The molecule has 0 N–H and O–H groups in total.